The zero-order valence-corrected chi connectivity index (χ0v) is 14.8. The first-order valence-electron chi connectivity index (χ1n) is 8.57. The second-order valence-corrected chi connectivity index (χ2v) is 6.35. The van der Waals surface area contributed by atoms with Gasteiger partial charge in [-0.25, -0.2) is 4.68 Å². The molecule has 8 heteroatoms. The van der Waals surface area contributed by atoms with E-state index in [1.165, 1.54) is 6.26 Å². The minimum absolute atomic E-state index is 0.0689. The minimum atomic E-state index is -0.0689. The molecule has 1 amide bonds. The standard InChI is InChI=1S/C18H20N6O2/c1-13-12-14(2)24(21-13)17-6-5-16(19-20-17)22-7-9-23(10-8-22)18(25)15-4-3-11-26-15/h3-6,11-12H,7-10H2,1-2H3. The van der Waals surface area contributed by atoms with Crippen molar-refractivity contribution in [2.24, 2.45) is 0 Å². The number of hydrogen-bond donors (Lipinski definition) is 0. The van der Waals surface area contributed by atoms with Gasteiger partial charge in [0.2, 0.25) is 0 Å². The van der Waals surface area contributed by atoms with Gasteiger partial charge in [-0.2, -0.15) is 5.10 Å². The van der Waals surface area contributed by atoms with Crippen LogP contribution in [0.1, 0.15) is 21.9 Å². The van der Waals surface area contributed by atoms with E-state index in [4.69, 9.17) is 4.42 Å². The van der Waals surface area contributed by atoms with Crippen LogP contribution in [0.2, 0.25) is 0 Å². The van der Waals surface area contributed by atoms with Crippen molar-refractivity contribution in [2.45, 2.75) is 13.8 Å². The van der Waals surface area contributed by atoms with E-state index in [0.717, 1.165) is 17.2 Å². The number of furan rings is 1. The molecule has 0 bridgehead atoms. The molecular formula is C18H20N6O2. The van der Waals surface area contributed by atoms with Crippen molar-refractivity contribution in [3.8, 4) is 5.82 Å². The molecule has 4 heterocycles. The smallest absolute Gasteiger partial charge is 0.289 e. The van der Waals surface area contributed by atoms with Gasteiger partial charge < -0.3 is 14.2 Å². The molecule has 1 aliphatic heterocycles. The van der Waals surface area contributed by atoms with Crippen molar-refractivity contribution >= 4 is 11.7 Å². The average Bonchev–Trinajstić information content (AvgIpc) is 3.31. The SMILES string of the molecule is Cc1cc(C)n(-c2ccc(N3CCN(C(=O)c4ccco4)CC3)nn2)n1. The van der Waals surface area contributed by atoms with E-state index in [2.05, 4.69) is 20.2 Å². The summed E-state index contributed by atoms with van der Waals surface area (Å²) in [6, 6.07) is 9.29. The summed E-state index contributed by atoms with van der Waals surface area (Å²) >= 11 is 0. The molecule has 0 N–H and O–H groups in total. The first-order valence-corrected chi connectivity index (χ1v) is 8.57. The minimum Gasteiger partial charge on any atom is -0.459 e. The Labute approximate surface area is 151 Å². The summed E-state index contributed by atoms with van der Waals surface area (Å²) in [6.07, 6.45) is 1.52. The van der Waals surface area contributed by atoms with Crippen LogP contribution in [0.5, 0.6) is 0 Å². The van der Waals surface area contributed by atoms with E-state index >= 15 is 0 Å². The number of aromatic nitrogens is 4. The van der Waals surface area contributed by atoms with E-state index < -0.39 is 0 Å². The molecule has 0 radical (unpaired) electrons. The maximum atomic E-state index is 12.3. The van der Waals surface area contributed by atoms with Crippen LogP contribution in [-0.4, -0.2) is 57.0 Å². The zero-order valence-electron chi connectivity index (χ0n) is 14.8. The van der Waals surface area contributed by atoms with Gasteiger partial charge in [-0.05, 0) is 44.2 Å². The second-order valence-electron chi connectivity index (χ2n) is 6.35. The maximum absolute atomic E-state index is 12.3. The monoisotopic (exact) mass is 352 g/mol. The molecule has 0 spiro atoms. The summed E-state index contributed by atoms with van der Waals surface area (Å²) < 4.78 is 6.97. The van der Waals surface area contributed by atoms with Crippen LogP contribution >= 0.6 is 0 Å². The van der Waals surface area contributed by atoms with Crippen molar-refractivity contribution in [3.05, 3.63) is 53.7 Å². The molecule has 26 heavy (non-hydrogen) atoms. The highest BCUT2D eigenvalue weighted by molar-refractivity contribution is 5.91. The molecule has 1 fully saturated rings. The van der Waals surface area contributed by atoms with Gasteiger partial charge in [-0.1, -0.05) is 0 Å². The van der Waals surface area contributed by atoms with Crippen molar-refractivity contribution < 1.29 is 9.21 Å². The van der Waals surface area contributed by atoms with Gasteiger partial charge in [0.05, 0.1) is 12.0 Å². The highest BCUT2D eigenvalue weighted by atomic mass is 16.3. The molecule has 1 saturated heterocycles. The first-order chi connectivity index (χ1) is 12.6. The lowest BCUT2D eigenvalue weighted by molar-refractivity contribution is 0.0714. The van der Waals surface area contributed by atoms with Gasteiger partial charge in [0.25, 0.3) is 5.91 Å². The number of carbonyl (C=O) groups is 1. The van der Waals surface area contributed by atoms with Crippen LogP contribution in [0.3, 0.4) is 0 Å². The number of carbonyl (C=O) groups excluding carboxylic acids is 1. The van der Waals surface area contributed by atoms with Crippen LogP contribution in [0.15, 0.2) is 41.0 Å². The van der Waals surface area contributed by atoms with Gasteiger partial charge in [-0.3, -0.25) is 4.79 Å². The lowest BCUT2D eigenvalue weighted by atomic mass is 10.3. The Bertz CT molecular complexity index is 892. The Balaban J connectivity index is 1.42. The molecule has 4 rings (SSSR count). The quantitative estimate of drug-likeness (QED) is 0.715. The molecule has 0 aliphatic carbocycles. The Hall–Kier alpha value is -3.16. The number of aryl methyl sites for hydroxylation is 2. The fourth-order valence-electron chi connectivity index (χ4n) is 3.16. The Morgan fingerprint density at radius 2 is 1.77 bits per heavy atom. The molecule has 0 aromatic carbocycles. The molecule has 134 valence electrons. The van der Waals surface area contributed by atoms with Crippen LogP contribution in [0.25, 0.3) is 5.82 Å². The van der Waals surface area contributed by atoms with Gasteiger partial charge in [-0.15, -0.1) is 10.2 Å². The predicted octanol–water partition coefficient (Wildman–Crippen LogP) is 1.83. The van der Waals surface area contributed by atoms with Gasteiger partial charge in [0.1, 0.15) is 0 Å². The predicted molar refractivity (Wildman–Crippen MR) is 95.5 cm³/mol. The van der Waals surface area contributed by atoms with Crippen LogP contribution in [0, 0.1) is 13.8 Å². The van der Waals surface area contributed by atoms with Crippen molar-refractivity contribution in [1.82, 2.24) is 24.9 Å². The third-order valence-corrected chi connectivity index (χ3v) is 4.49. The average molecular weight is 352 g/mol. The van der Waals surface area contributed by atoms with Crippen molar-refractivity contribution in [1.29, 1.82) is 0 Å². The third-order valence-electron chi connectivity index (χ3n) is 4.49. The zero-order chi connectivity index (χ0) is 18.1. The molecule has 1 aliphatic rings. The van der Waals surface area contributed by atoms with Gasteiger partial charge in [0, 0.05) is 31.9 Å². The number of anilines is 1. The fourth-order valence-corrected chi connectivity index (χ4v) is 3.16. The number of hydrogen-bond acceptors (Lipinski definition) is 6. The summed E-state index contributed by atoms with van der Waals surface area (Å²) in [5.41, 5.74) is 1.97. The lowest BCUT2D eigenvalue weighted by Gasteiger charge is -2.34. The van der Waals surface area contributed by atoms with E-state index in [1.54, 1.807) is 21.7 Å². The highest BCUT2D eigenvalue weighted by Gasteiger charge is 2.24. The third kappa shape index (κ3) is 3.05. The second kappa shape index (κ2) is 6.62. The van der Waals surface area contributed by atoms with E-state index in [1.807, 2.05) is 32.0 Å². The van der Waals surface area contributed by atoms with Crippen LogP contribution in [0.4, 0.5) is 5.82 Å². The number of rotatable bonds is 3. The first kappa shape index (κ1) is 16.3. The van der Waals surface area contributed by atoms with Gasteiger partial charge >= 0.3 is 0 Å². The number of amides is 1. The topological polar surface area (TPSA) is 80.3 Å². The van der Waals surface area contributed by atoms with Crippen LogP contribution in [-0.2, 0) is 0 Å². The van der Waals surface area contributed by atoms with Crippen molar-refractivity contribution in [3.63, 3.8) is 0 Å². The van der Waals surface area contributed by atoms with Crippen molar-refractivity contribution in [2.75, 3.05) is 31.1 Å². The normalized spacial score (nSPS) is 14.7. The summed E-state index contributed by atoms with van der Waals surface area (Å²) in [7, 11) is 0. The van der Waals surface area contributed by atoms with E-state index in [9.17, 15) is 4.79 Å². The number of nitrogens with zero attached hydrogens (tertiary/aromatic N) is 6. The van der Waals surface area contributed by atoms with Gasteiger partial charge in [0.15, 0.2) is 17.4 Å². The highest BCUT2D eigenvalue weighted by Crippen LogP contribution is 2.16. The molecule has 0 unspecified atom stereocenters. The Kier molecular flexibility index (Phi) is 4.16. The fraction of sp³-hybridized carbons (Fsp3) is 0.333. The lowest BCUT2D eigenvalue weighted by Crippen LogP contribution is -2.49. The maximum Gasteiger partial charge on any atom is 0.289 e. The number of piperazine rings is 1. The summed E-state index contributed by atoms with van der Waals surface area (Å²) in [5, 5.41) is 13.1. The van der Waals surface area contributed by atoms with Crippen LogP contribution < -0.4 is 4.90 Å². The van der Waals surface area contributed by atoms with E-state index in [0.29, 0.717) is 37.8 Å². The summed E-state index contributed by atoms with van der Waals surface area (Å²) in [6.45, 7) is 6.61. The molecule has 0 saturated carbocycles. The van der Waals surface area contributed by atoms with E-state index in [-0.39, 0.29) is 5.91 Å². The molecule has 3 aromatic heterocycles. The molecule has 8 nitrogen and oxygen atoms in total. The summed E-state index contributed by atoms with van der Waals surface area (Å²) in [5.74, 6) is 1.82. The molecule has 3 aromatic rings. The molecular weight excluding hydrogens is 332 g/mol. The Morgan fingerprint density at radius 1 is 1.04 bits per heavy atom. The summed E-state index contributed by atoms with van der Waals surface area (Å²) in [4.78, 5) is 16.2. The molecule has 0 atom stereocenters. The Morgan fingerprint density at radius 3 is 2.35 bits per heavy atom. The largest absolute Gasteiger partial charge is 0.459 e.